The van der Waals surface area contributed by atoms with E-state index in [1.807, 2.05) is 11.8 Å². The smallest absolute Gasteiger partial charge is 0.317 e. The maximum atomic E-state index is 12.0. The number of rotatable bonds is 7. The van der Waals surface area contributed by atoms with Gasteiger partial charge in [-0.15, -0.1) is 0 Å². The summed E-state index contributed by atoms with van der Waals surface area (Å²) in [5.74, 6) is -0.817. The van der Waals surface area contributed by atoms with E-state index in [0.29, 0.717) is 19.5 Å². The maximum absolute atomic E-state index is 12.0. The second-order valence-electron chi connectivity index (χ2n) is 5.53. The van der Waals surface area contributed by atoms with E-state index in [4.69, 9.17) is 5.11 Å². The molecule has 1 saturated carbocycles. The molecule has 0 saturated heterocycles. The lowest BCUT2D eigenvalue weighted by Crippen LogP contribution is -2.46. The highest BCUT2D eigenvalue weighted by atomic mass is 32.2. The lowest BCUT2D eigenvalue weighted by Gasteiger charge is -2.36. The normalized spacial score (nSPS) is 17.5. The second-order valence-corrected chi connectivity index (χ2v) is 6.80. The first kappa shape index (κ1) is 17.1. The van der Waals surface area contributed by atoms with Gasteiger partial charge in [-0.3, -0.25) is 4.79 Å². The molecule has 20 heavy (non-hydrogen) atoms. The summed E-state index contributed by atoms with van der Waals surface area (Å²) in [7, 11) is 1.71. The van der Waals surface area contributed by atoms with Crippen LogP contribution in [0.5, 0.6) is 0 Å². The molecular weight excluding hydrogens is 276 g/mol. The Balaban J connectivity index is 2.31. The highest BCUT2D eigenvalue weighted by Gasteiger charge is 2.31. The first-order valence-corrected chi connectivity index (χ1v) is 8.47. The van der Waals surface area contributed by atoms with E-state index in [0.717, 1.165) is 12.8 Å². The predicted octanol–water partition coefficient (Wildman–Crippen LogP) is 2.56. The molecule has 0 aromatic carbocycles. The molecule has 0 radical (unpaired) electrons. The third kappa shape index (κ3) is 5.61. The monoisotopic (exact) mass is 302 g/mol. The fourth-order valence-corrected chi connectivity index (χ4v) is 3.50. The Morgan fingerprint density at radius 2 is 1.95 bits per heavy atom. The SMILES string of the molecule is CSC1(CNC(=O)N(C)CCCC(=O)O)CCCCC1. The quantitative estimate of drug-likeness (QED) is 0.758. The van der Waals surface area contributed by atoms with Gasteiger partial charge >= 0.3 is 12.0 Å². The van der Waals surface area contributed by atoms with E-state index in [1.54, 1.807) is 11.9 Å². The van der Waals surface area contributed by atoms with Crippen molar-refractivity contribution in [2.75, 3.05) is 26.4 Å². The highest BCUT2D eigenvalue weighted by molar-refractivity contribution is 8.00. The van der Waals surface area contributed by atoms with Crippen molar-refractivity contribution in [2.24, 2.45) is 0 Å². The lowest BCUT2D eigenvalue weighted by atomic mass is 9.88. The standard InChI is InChI=1S/C14H26N2O3S/c1-16(10-6-7-12(17)18)13(19)15-11-14(20-2)8-4-3-5-9-14/h3-11H2,1-2H3,(H,15,19)(H,17,18). The van der Waals surface area contributed by atoms with Gasteiger partial charge in [0.05, 0.1) is 0 Å². The van der Waals surface area contributed by atoms with Crippen molar-refractivity contribution >= 4 is 23.8 Å². The third-order valence-corrected chi connectivity index (χ3v) is 5.41. The summed E-state index contributed by atoms with van der Waals surface area (Å²) in [5.41, 5.74) is 0. The fourth-order valence-electron chi connectivity index (χ4n) is 2.59. The Kier molecular flexibility index (Phi) is 7.19. The lowest BCUT2D eigenvalue weighted by molar-refractivity contribution is -0.137. The van der Waals surface area contributed by atoms with Crippen LogP contribution in [-0.2, 0) is 4.79 Å². The molecule has 0 heterocycles. The van der Waals surface area contributed by atoms with Gasteiger partial charge in [-0.25, -0.2) is 4.79 Å². The van der Waals surface area contributed by atoms with Crippen molar-refractivity contribution in [3.8, 4) is 0 Å². The van der Waals surface area contributed by atoms with Crippen LogP contribution in [0.15, 0.2) is 0 Å². The number of urea groups is 1. The van der Waals surface area contributed by atoms with Gasteiger partial charge in [0.1, 0.15) is 0 Å². The summed E-state index contributed by atoms with van der Waals surface area (Å²) < 4.78 is 0.190. The van der Waals surface area contributed by atoms with Gasteiger partial charge in [0.15, 0.2) is 0 Å². The number of carboxylic acid groups (broad SMARTS) is 1. The zero-order valence-electron chi connectivity index (χ0n) is 12.5. The zero-order valence-corrected chi connectivity index (χ0v) is 13.3. The summed E-state index contributed by atoms with van der Waals surface area (Å²) >= 11 is 1.86. The predicted molar refractivity (Wildman–Crippen MR) is 82.2 cm³/mol. The second kappa shape index (κ2) is 8.39. The molecule has 1 aliphatic rings. The molecule has 6 heteroatoms. The van der Waals surface area contributed by atoms with Gasteiger partial charge in [0, 0.05) is 31.3 Å². The van der Waals surface area contributed by atoms with Crippen LogP contribution < -0.4 is 5.32 Å². The Bertz CT molecular complexity index is 330. The van der Waals surface area contributed by atoms with Crippen LogP contribution in [-0.4, -0.2) is 53.1 Å². The number of hydrogen-bond donors (Lipinski definition) is 2. The van der Waals surface area contributed by atoms with E-state index in [1.165, 1.54) is 19.3 Å². The van der Waals surface area contributed by atoms with Crippen molar-refractivity contribution in [3.05, 3.63) is 0 Å². The minimum absolute atomic E-state index is 0.102. The Morgan fingerprint density at radius 3 is 2.50 bits per heavy atom. The highest BCUT2D eigenvalue weighted by Crippen LogP contribution is 2.37. The topological polar surface area (TPSA) is 69.6 Å². The molecule has 0 aromatic rings. The zero-order chi connectivity index (χ0) is 15.0. The Labute approximate surface area is 125 Å². The number of carbonyl (C=O) groups is 2. The van der Waals surface area contributed by atoms with E-state index < -0.39 is 5.97 Å². The van der Waals surface area contributed by atoms with Crippen molar-refractivity contribution in [1.82, 2.24) is 10.2 Å². The van der Waals surface area contributed by atoms with Crippen LogP contribution in [0.1, 0.15) is 44.9 Å². The molecule has 0 aliphatic heterocycles. The summed E-state index contributed by atoms with van der Waals surface area (Å²) in [6.45, 7) is 1.18. The summed E-state index contributed by atoms with van der Waals surface area (Å²) in [6, 6.07) is -0.102. The van der Waals surface area contributed by atoms with Crippen molar-refractivity contribution in [3.63, 3.8) is 0 Å². The van der Waals surface area contributed by atoms with Crippen LogP contribution >= 0.6 is 11.8 Å². The average molecular weight is 302 g/mol. The number of nitrogens with zero attached hydrogens (tertiary/aromatic N) is 1. The molecule has 2 amide bonds. The maximum Gasteiger partial charge on any atom is 0.317 e. The Morgan fingerprint density at radius 1 is 1.30 bits per heavy atom. The molecule has 0 atom stereocenters. The number of aliphatic carboxylic acids is 1. The number of carboxylic acids is 1. The largest absolute Gasteiger partial charge is 0.481 e. The number of amides is 2. The minimum atomic E-state index is -0.817. The molecule has 0 bridgehead atoms. The molecule has 0 unspecified atom stereocenters. The van der Waals surface area contributed by atoms with Gasteiger partial charge in [0.25, 0.3) is 0 Å². The van der Waals surface area contributed by atoms with Gasteiger partial charge in [-0.2, -0.15) is 11.8 Å². The molecule has 0 spiro atoms. The molecule has 0 aromatic heterocycles. The molecular formula is C14H26N2O3S. The van der Waals surface area contributed by atoms with E-state index in [9.17, 15) is 9.59 Å². The molecule has 1 aliphatic carbocycles. The van der Waals surface area contributed by atoms with E-state index in [-0.39, 0.29) is 17.2 Å². The number of carbonyl (C=O) groups excluding carboxylic acids is 1. The third-order valence-electron chi connectivity index (χ3n) is 3.99. The van der Waals surface area contributed by atoms with Gasteiger partial charge in [-0.1, -0.05) is 19.3 Å². The van der Waals surface area contributed by atoms with Crippen molar-refractivity contribution < 1.29 is 14.7 Å². The van der Waals surface area contributed by atoms with Crippen LogP contribution in [0.4, 0.5) is 4.79 Å². The van der Waals surface area contributed by atoms with Crippen molar-refractivity contribution in [2.45, 2.75) is 49.7 Å². The molecule has 116 valence electrons. The van der Waals surface area contributed by atoms with E-state index >= 15 is 0 Å². The van der Waals surface area contributed by atoms with Crippen LogP contribution in [0.2, 0.25) is 0 Å². The number of nitrogens with one attached hydrogen (secondary N) is 1. The summed E-state index contributed by atoms with van der Waals surface area (Å²) in [6.07, 6.45) is 8.82. The number of thioether (sulfide) groups is 1. The van der Waals surface area contributed by atoms with Crippen molar-refractivity contribution in [1.29, 1.82) is 0 Å². The molecule has 2 N–H and O–H groups in total. The summed E-state index contributed by atoms with van der Waals surface area (Å²) in [5, 5.41) is 11.6. The number of hydrogen-bond acceptors (Lipinski definition) is 3. The van der Waals surface area contributed by atoms with Gasteiger partial charge < -0.3 is 15.3 Å². The van der Waals surface area contributed by atoms with Gasteiger partial charge in [0.2, 0.25) is 0 Å². The minimum Gasteiger partial charge on any atom is -0.481 e. The first-order chi connectivity index (χ1) is 9.49. The van der Waals surface area contributed by atoms with Crippen LogP contribution in [0.3, 0.4) is 0 Å². The van der Waals surface area contributed by atoms with Crippen LogP contribution in [0.25, 0.3) is 0 Å². The average Bonchev–Trinajstić information content (AvgIpc) is 2.45. The van der Waals surface area contributed by atoms with E-state index in [2.05, 4.69) is 11.6 Å². The first-order valence-electron chi connectivity index (χ1n) is 7.25. The summed E-state index contributed by atoms with van der Waals surface area (Å²) in [4.78, 5) is 24.0. The molecule has 5 nitrogen and oxygen atoms in total. The Hall–Kier alpha value is -0.910. The van der Waals surface area contributed by atoms with Gasteiger partial charge in [-0.05, 0) is 25.5 Å². The fraction of sp³-hybridized carbons (Fsp3) is 0.857. The van der Waals surface area contributed by atoms with Crippen LogP contribution in [0, 0.1) is 0 Å². The molecule has 1 fully saturated rings. The molecule has 1 rings (SSSR count).